The summed E-state index contributed by atoms with van der Waals surface area (Å²) in [7, 11) is 0. The molecule has 0 aromatic heterocycles. The Hall–Kier alpha value is -5.28. The molecule has 0 saturated heterocycles. The zero-order chi connectivity index (χ0) is 25.9. The Labute approximate surface area is 209 Å². The lowest BCUT2D eigenvalue weighted by Gasteiger charge is -2.14. The Morgan fingerprint density at radius 3 is 1.72 bits per heavy atom. The zero-order valence-corrected chi connectivity index (χ0v) is 19.4. The van der Waals surface area contributed by atoms with Crippen molar-refractivity contribution < 1.29 is 28.5 Å². The highest BCUT2D eigenvalue weighted by Crippen LogP contribution is 2.37. The van der Waals surface area contributed by atoms with Crippen LogP contribution in [0.4, 0.5) is 0 Å². The second kappa shape index (κ2) is 12.3. The maximum atomic E-state index is 12.1. The van der Waals surface area contributed by atoms with Crippen molar-refractivity contribution in [2.45, 2.75) is 0 Å². The number of ether oxygens (including phenoxy) is 4. The molecule has 0 spiro atoms. The van der Waals surface area contributed by atoms with E-state index in [0.29, 0.717) is 33.8 Å². The monoisotopic (exact) mass is 478 g/mol. The second-order valence-corrected chi connectivity index (χ2v) is 6.96. The minimum atomic E-state index is -0.666. The summed E-state index contributed by atoms with van der Waals surface area (Å²) in [5.74, 6) is 6.21. The molecular weight excluding hydrogens is 456 g/mol. The standard InChI is InChI=1S/C30H22O6/c1-5-29(31)35-27-20-26(22-13-17-25(18-14-22)34-8-4)28(36-30(32)6-2)19-23(27)12-9-21-10-15-24(16-11-21)33-7-3/h5-8,10-11,13-20H,1-4H2. The zero-order valence-electron chi connectivity index (χ0n) is 19.4. The Bertz CT molecular complexity index is 1370. The average Bonchev–Trinajstić information content (AvgIpc) is 2.90. The number of esters is 2. The number of rotatable bonds is 9. The van der Waals surface area contributed by atoms with Crippen LogP contribution in [0, 0.1) is 11.8 Å². The van der Waals surface area contributed by atoms with Gasteiger partial charge >= 0.3 is 11.9 Å². The van der Waals surface area contributed by atoms with Crippen LogP contribution in [0.25, 0.3) is 11.1 Å². The van der Waals surface area contributed by atoms with Crippen LogP contribution >= 0.6 is 0 Å². The van der Waals surface area contributed by atoms with Crippen LogP contribution in [0.2, 0.25) is 0 Å². The van der Waals surface area contributed by atoms with Gasteiger partial charge in [0.15, 0.2) is 0 Å². The van der Waals surface area contributed by atoms with E-state index < -0.39 is 11.9 Å². The van der Waals surface area contributed by atoms with Crippen LogP contribution in [0.5, 0.6) is 23.0 Å². The lowest BCUT2D eigenvalue weighted by Crippen LogP contribution is -2.08. The van der Waals surface area contributed by atoms with Crippen LogP contribution in [0.3, 0.4) is 0 Å². The first-order valence-corrected chi connectivity index (χ1v) is 10.6. The van der Waals surface area contributed by atoms with Crippen molar-refractivity contribution in [1.29, 1.82) is 0 Å². The van der Waals surface area contributed by atoms with Crippen molar-refractivity contribution in [3.63, 3.8) is 0 Å². The van der Waals surface area contributed by atoms with Crippen molar-refractivity contribution in [3.05, 3.63) is 123 Å². The van der Waals surface area contributed by atoms with E-state index in [0.717, 1.165) is 12.2 Å². The molecule has 0 aliphatic carbocycles. The van der Waals surface area contributed by atoms with Gasteiger partial charge in [-0.05, 0) is 48.0 Å². The molecule has 3 aromatic rings. The van der Waals surface area contributed by atoms with Gasteiger partial charge in [-0.15, -0.1) is 0 Å². The molecule has 0 fully saturated rings. The molecule has 0 saturated carbocycles. The number of benzene rings is 3. The molecule has 0 unspecified atom stereocenters. The third-order valence-corrected chi connectivity index (χ3v) is 4.64. The molecule has 0 radical (unpaired) electrons. The van der Waals surface area contributed by atoms with E-state index >= 15 is 0 Å². The van der Waals surface area contributed by atoms with Gasteiger partial charge < -0.3 is 18.9 Å². The summed E-state index contributed by atoms with van der Waals surface area (Å²) in [5, 5.41) is 0. The van der Waals surface area contributed by atoms with Crippen LogP contribution in [0.1, 0.15) is 11.1 Å². The van der Waals surface area contributed by atoms with Crippen LogP contribution < -0.4 is 18.9 Å². The van der Waals surface area contributed by atoms with Crippen LogP contribution in [0.15, 0.2) is 112 Å². The summed E-state index contributed by atoms with van der Waals surface area (Å²) >= 11 is 0. The molecule has 0 atom stereocenters. The molecule has 0 amide bonds. The Morgan fingerprint density at radius 1 is 0.667 bits per heavy atom. The SMILES string of the molecule is C=COc1ccc(C#Cc2cc(OC(=O)C=C)c(-c3ccc(OC=C)cc3)cc2OC(=O)C=C)cc1. The minimum Gasteiger partial charge on any atom is -0.466 e. The van der Waals surface area contributed by atoms with Gasteiger partial charge in [0.05, 0.1) is 18.1 Å². The summed E-state index contributed by atoms with van der Waals surface area (Å²) in [6.07, 6.45) is 4.73. The van der Waals surface area contributed by atoms with Gasteiger partial charge in [-0.25, -0.2) is 9.59 Å². The summed E-state index contributed by atoms with van der Waals surface area (Å²) < 4.78 is 21.4. The fourth-order valence-electron chi connectivity index (χ4n) is 3.01. The molecule has 0 bridgehead atoms. The predicted octanol–water partition coefficient (Wildman–Crippen LogP) is 5.98. The summed E-state index contributed by atoms with van der Waals surface area (Å²) in [5.41, 5.74) is 2.16. The molecule has 0 heterocycles. The molecule has 178 valence electrons. The first-order chi connectivity index (χ1) is 17.5. The smallest absolute Gasteiger partial charge is 0.335 e. The van der Waals surface area contributed by atoms with E-state index in [1.54, 1.807) is 54.6 Å². The Morgan fingerprint density at radius 2 is 1.19 bits per heavy atom. The molecule has 6 heteroatoms. The second-order valence-electron chi connectivity index (χ2n) is 6.96. The highest BCUT2D eigenvalue weighted by molar-refractivity contribution is 5.88. The van der Waals surface area contributed by atoms with Gasteiger partial charge in [-0.3, -0.25) is 0 Å². The number of carbonyl (C=O) groups is 2. The topological polar surface area (TPSA) is 71.1 Å². The normalized spacial score (nSPS) is 9.56. The maximum absolute atomic E-state index is 12.1. The van der Waals surface area contributed by atoms with Gasteiger partial charge in [-0.1, -0.05) is 50.3 Å². The molecule has 6 nitrogen and oxygen atoms in total. The largest absolute Gasteiger partial charge is 0.466 e. The molecule has 0 aliphatic heterocycles. The number of carbonyl (C=O) groups excluding carboxylic acids is 2. The molecule has 0 N–H and O–H groups in total. The van der Waals surface area contributed by atoms with Gasteiger partial charge in [0.1, 0.15) is 23.0 Å². The molecule has 36 heavy (non-hydrogen) atoms. The highest BCUT2D eigenvalue weighted by Gasteiger charge is 2.17. The lowest BCUT2D eigenvalue weighted by molar-refractivity contribution is -0.130. The quantitative estimate of drug-likeness (QED) is 0.124. The third kappa shape index (κ3) is 6.62. The minimum absolute atomic E-state index is 0.166. The van der Waals surface area contributed by atoms with Crippen molar-refractivity contribution >= 4 is 11.9 Å². The van der Waals surface area contributed by atoms with Crippen molar-refractivity contribution in [3.8, 4) is 46.0 Å². The number of hydrogen-bond acceptors (Lipinski definition) is 6. The third-order valence-electron chi connectivity index (χ3n) is 4.64. The van der Waals surface area contributed by atoms with Crippen molar-refractivity contribution in [2.24, 2.45) is 0 Å². The fraction of sp³-hybridized carbons (Fsp3) is 0. The summed E-state index contributed by atoms with van der Waals surface area (Å²) in [4.78, 5) is 24.1. The van der Waals surface area contributed by atoms with Gasteiger partial charge in [0, 0.05) is 29.3 Å². The van der Waals surface area contributed by atoms with E-state index in [4.69, 9.17) is 18.9 Å². The first-order valence-electron chi connectivity index (χ1n) is 10.6. The van der Waals surface area contributed by atoms with E-state index in [2.05, 4.69) is 38.2 Å². The highest BCUT2D eigenvalue weighted by atomic mass is 16.5. The summed E-state index contributed by atoms with van der Waals surface area (Å²) in [6, 6.07) is 17.1. The van der Waals surface area contributed by atoms with Crippen molar-refractivity contribution in [1.82, 2.24) is 0 Å². The van der Waals surface area contributed by atoms with E-state index in [-0.39, 0.29) is 11.5 Å². The van der Waals surface area contributed by atoms with Gasteiger partial charge in [0.2, 0.25) is 0 Å². The van der Waals surface area contributed by atoms with Crippen LogP contribution in [-0.4, -0.2) is 11.9 Å². The van der Waals surface area contributed by atoms with Gasteiger partial charge in [0.25, 0.3) is 0 Å². The summed E-state index contributed by atoms with van der Waals surface area (Å²) in [6.45, 7) is 14.0. The number of hydrogen-bond donors (Lipinski definition) is 0. The van der Waals surface area contributed by atoms with E-state index in [9.17, 15) is 9.59 Å². The average molecular weight is 479 g/mol. The molecule has 3 aromatic carbocycles. The predicted molar refractivity (Wildman–Crippen MR) is 138 cm³/mol. The van der Waals surface area contributed by atoms with Gasteiger partial charge in [-0.2, -0.15) is 0 Å². The van der Waals surface area contributed by atoms with E-state index in [1.165, 1.54) is 18.6 Å². The van der Waals surface area contributed by atoms with Crippen molar-refractivity contribution in [2.75, 3.05) is 0 Å². The molecular formula is C30H22O6. The van der Waals surface area contributed by atoms with E-state index in [1.807, 2.05) is 0 Å². The molecule has 0 aliphatic rings. The lowest BCUT2D eigenvalue weighted by atomic mass is 10.0. The first kappa shape index (κ1) is 25.3. The Kier molecular flexibility index (Phi) is 8.63. The van der Waals surface area contributed by atoms with Crippen LogP contribution in [-0.2, 0) is 9.59 Å². The fourth-order valence-corrected chi connectivity index (χ4v) is 3.01. The maximum Gasteiger partial charge on any atom is 0.335 e. The Balaban J connectivity index is 2.13. The molecule has 3 rings (SSSR count).